The summed E-state index contributed by atoms with van der Waals surface area (Å²) in [5.41, 5.74) is 8.17. The molecule has 0 aliphatic heterocycles. The summed E-state index contributed by atoms with van der Waals surface area (Å²) in [6, 6.07) is 9.87. The summed E-state index contributed by atoms with van der Waals surface area (Å²) in [4.78, 5) is 4.45. The van der Waals surface area contributed by atoms with Gasteiger partial charge in [-0.1, -0.05) is 6.07 Å². The minimum absolute atomic E-state index is 0.295. The highest BCUT2D eigenvalue weighted by molar-refractivity contribution is 5.40. The number of hydrogen-bond acceptors (Lipinski definition) is 3. The van der Waals surface area contributed by atoms with Gasteiger partial charge in [-0.15, -0.1) is 0 Å². The third-order valence-electron chi connectivity index (χ3n) is 3.25. The van der Waals surface area contributed by atoms with E-state index in [9.17, 15) is 4.39 Å². The van der Waals surface area contributed by atoms with E-state index in [1.54, 1.807) is 13.0 Å². The van der Waals surface area contributed by atoms with E-state index in [2.05, 4.69) is 4.98 Å². The van der Waals surface area contributed by atoms with E-state index in [0.717, 1.165) is 11.3 Å². The van der Waals surface area contributed by atoms with Crippen molar-refractivity contribution in [3.63, 3.8) is 0 Å². The largest absolute Gasteiger partial charge is 0.487 e. The SMILES string of the molecule is CC(N)c1cc(F)ccc1OCc1cn2ccccc2n1. The molecule has 0 bridgehead atoms. The number of hydrogen-bond donors (Lipinski definition) is 1. The Hall–Kier alpha value is -2.40. The summed E-state index contributed by atoms with van der Waals surface area (Å²) in [6.07, 6.45) is 3.83. The van der Waals surface area contributed by atoms with Crippen molar-refractivity contribution in [1.82, 2.24) is 9.38 Å². The van der Waals surface area contributed by atoms with Gasteiger partial charge in [0.15, 0.2) is 0 Å². The molecule has 0 saturated heterocycles. The summed E-state index contributed by atoms with van der Waals surface area (Å²) in [5.74, 6) is 0.269. The van der Waals surface area contributed by atoms with Crippen LogP contribution in [0.5, 0.6) is 5.75 Å². The minimum Gasteiger partial charge on any atom is -0.487 e. The highest BCUT2D eigenvalue weighted by atomic mass is 19.1. The molecule has 4 nitrogen and oxygen atoms in total. The van der Waals surface area contributed by atoms with Crippen LogP contribution in [0.25, 0.3) is 5.65 Å². The highest BCUT2D eigenvalue weighted by Gasteiger charge is 2.10. The van der Waals surface area contributed by atoms with Crippen LogP contribution in [0, 0.1) is 5.82 Å². The molecule has 0 spiro atoms. The summed E-state index contributed by atoms with van der Waals surface area (Å²) in [7, 11) is 0. The molecule has 0 fully saturated rings. The number of pyridine rings is 1. The summed E-state index contributed by atoms with van der Waals surface area (Å²) >= 11 is 0. The van der Waals surface area contributed by atoms with Crippen molar-refractivity contribution >= 4 is 5.65 Å². The molecule has 0 aliphatic carbocycles. The predicted octanol–water partition coefficient (Wildman–Crippen LogP) is 3.07. The maximum absolute atomic E-state index is 13.3. The molecule has 2 aromatic heterocycles. The number of benzene rings is 1. The van der Waals surface area contributed by atoms with E-state index < -0.39 is 0 Å². The molecule has 1 unspecified atom stereocenters. The Balaban J connectivity index is 1.81. The Morgan fingerprint density at radius 1 is 1.33 bits per heavy atom. The highest BCUT2D eigenvalue weighted by Crippen LogP contribution is 2.25. The molecule has 3 rings (SSSR count). The van der Waals surface area contributed by atoms with Crippen molar-refractivity contribution in [3.8, 4) is 5.75 Å². The van der Waals surface area contributed by atoms with Crippen molar-refractivity contribution in [2.24, 2.45) is 5.73 Å². The standard InChI is InChI=1S/C16H16FN3O/c1-11(18)14-8-12(17)5-6-15(14)21-10-13-9-20-7-3-2-4-16(20)19-13/h2-9,11H,10,18H2,1H3. The zero-order chi connectivity index (χ0) is 14.8. The second-order valence-electron chi connectivity index (χ2n) is 4.96. The molecule has 1 atom stereocenters. The molecule has 5 heteroatoms. The fourth-order valence-electron chi connectivity index (χ4n) is 2.22. The molecular weight excluding hydrogens is 269 g/mol. The van der Waals surface area contributed by atoms with E-state index in [-0.39, 0.29) is 11.9 Å². The average molecular weight is 285 g/mol. The van der Waals surface area contributed by atoms with Crippen molar-refractivity contribution in [3.05, 3.63) is 65.9 Å². The van der Waals surface area contributed by atoms with Crippen LogP contribution < -0.4 is 10.5 Å². The molecular formula is C16H16FN3O. The number of fused-ring (bicyclic) bond motifs is 1. The Morgan fingerprint density at radius 3 is 2.95 bits per heavy atom. The summed E-state index contributed by atoms with van der Waals surface area (Å²) < 4.78 is 21.0. The number of nitrogens with zero attached hydrogens (tertiary/aromatic N) is 2. The first-order chi connectivity index (χ1) is 10.1. The summed E-state index contributed by atoms with van der Waals surface area (Å²) in [6.45, 7) is 2.11. The number of aromatic nitrogens is 2. The number of rotatable bonds is 4. The molecule has 0 amide bonds. The fraction of sp³-hybridized carbons (Fsp3) is 0.188. The van der Waals surface area contributed by atoms with Gasteiger partial charge in [-0.05, 0) is 37.3 Å². The minimum atomic E-state index is -0.317. The lowest BCUT2D eigenvalue weighted by atomic mass is 10.1. The second-order valence-corrected chi connectivity index (χ2v) is 4.96. The van der Waals surface area contributed by atoms with Crippen LogP contribution in [-0.4, -0.2) is 9.38 Å². The van der Waals surface area contributed by atoms with Gasteiger partial charge in [0.05, 0.1) is 5.69 Å². The number of ether oxygens (including phenoxy) is 1. The van der Waals surface area contributed by atoms with Crippen LogP contribution in [0.2, 0.25) is 0 Å². The van der Waals surface area contributed by atoms with E-state index in [1.165, 1.54) is 12.1 Å². The van der Waals surface area contributed by atoms with E-state index in [1.807, 2.05) is 35.0 Å². The number of nitrogens with two attached hydrogens (primary N) is 1. The quantitative estimate of drug-likeness (QED) is 0.801. The van der Waals surface area contributed by atoms with Gasteiger partial charge < -0.3 is 14.9 Å². The van der Waals surface area contributed by atoms with Crippen molar-refractivity contribution in [2.75, 3.05) is 0 Å². The number of imidazole rings is 1. The van der Waals surface area contributed by atoms with Gasteiger partial charge >= 0.3 is 0 Å². The molecule has 0 saturated carbocycles. The van der Waals surface area contributed by atoms with Gasteiger partial charge in [0.25, 0.3) is 0 Å². The average Bonchev–Trinajstić information content (AvgIpc) is 2.88. The Bertz CT molecular complexity index is 734. The molecule has 2 heterocycles. The second kappa shape index (κ2) is 5.54. The normalized spacial score (nSPS) is 12.5. The van der Waals surface area contributed by atoms with Crippen molar-refractivity contribution < 1.29 is 9.13 Å². The topological polar surface area (TPSA) is 52.5 Å². The smallest absolute Gasteiger partial charge is 0.137 e. The van der Waals surface area contributed by atoms with E-state index >= 15 is 0 Å². The maximum atomic E-state index is 13.3. The number of halogens is 1. The van der Waals surface area contributed by atoms with Gasteiger partial charge in [0.2, 0.25) is 0 Å². The van der Waals surface area contributed by atoms with Crippen LogP contribution in [0.15, 0.2) is 48.8 Å². The van der Waals surface area contributed by atoms with Gasteiger partial charge in [0.1, 0.15) is 23.8 Å². The lowest BCUT2D eigenvalue weighted by molar-refractivity contribution is 0.297. The Kier molecular flexibility index (Phi) is 3.58. The Morgan fingerprint density at radius 2 is 2.19 bits per heavy atom. The van der Waals surface area contributed by atoms with Crippen molar-refractivity contribution in [1.29, 1.82) is 0 Å². The molecule has 21 heavy (non-hydrogen) atoms. The third-order valence-corrected chi connectivity index (χ3v) is 3.25. The van der Waals surface area contributed by atoms with Crippen LogP contribution in [-0.2, 0) is 6.61 Å². The first-order valence-corrected chi connectivity index (χ1v) is 6.74. The fourth-order valence-corrected chi connectivity index (χ4v) is 2.22. The summed E-state index contributed by atoms with van der Waals surface area (Å²) in [5, 5.41) is 0. The van der Waals surface area contributed by atoms with E-state index in [4.69, 9.17) is 10.5 Å². The first-order valence-electron chi connectivity index (χ1n) is 6.74. The zero-order valence-electron chi connectivity index (χ0n) is 11.7. The van der Waals surface area contributed by atoms with Crippen LogP contribution in [0.4, 0.5) is 4.39 Å². The van der Waals surface area contributed by atoms with Gasteiger partial charge in [-0.25, -0.2) is 9.37 Å². The third kappa shape index (κ3) is 2.87. The Labute approximate surface area is 122 Å². The monoisotopic (exact) mass is 285 g/mol. The van der Waals surface area contributed by atoms with Gasteiger partial charge in [0, 0.05) is 24.0 Å². The first kappa shape index (κ1) is 13.6. The van der Waals surface area contributed by atoms with Crippen LogP contribution >= 0.6 is 0 Å². The predicted molar refractivity (Wildman–Crippen MR) is 78.5 cm³/mol. The van der Waals surface area contributed by atoms with Crippen LogP contribution in [0.3, 0.4) is 0 Å². The van der Waals surface area contributed by atoms with E-state index in [0.29, 0.717) is 17.9 Å². The molecule has 108 valence electrons. The zero-order valence-corrected chi connectivity index (χ0v) is 11.7. The molecule has 1 aromatic carbocycles. The molecule has 3 aromatic rings. The maximum Gasteiger partial charge on any atom is 0.137 e. The van der Waals surface area contributed by atoms with Gasteiger partial charge in [-0.3, -0.25) is 0 Å². The van der Waals surface area contributed by atoms with Crippen LogP contribution in [0.1, 0.15) is 24.2 Å². The molecule has 0 radical (unpaired) electrons. The lowest BCUT2D eigenvalue weighted by Crippen LogP contribution is -2.08. The molecule has 0 aliphatic rings. The molecule has 2 N–H and O–H groups in total. The van der Waals surface area contributed by atoms with Crippen molar-refractivity contribution in [2.45, 2.75) is 19.6 Å². The van der Waals surface area contributed by atoms with Gasteiger partial charge in [-0.2, -0.15) is 0 Å². The lowest BCUT2D eigenvalue weighted by Gasteiger charge is -2.13.